The molecule has 0 radical (unpaired) electrons. The summed E-state index contributed by atoms with van der Waals surface area (Å²) in [5.41, 5.74) is 2.96. The smallest absolute Gasteiger partial charge is 0.251 e. The molecule has 28 heavy (non-hydrogen) atoms. The molecule has 2 N–H and O–H groups in total. The van der Waals surface area contributed by atoms with E-state index in [1.54, 1.807) is 4.52 Å². The van der Waals surface area contributed by atoms with E-state index in [9.17, 15) is 4.79 Å². The van der Waals surface area contributed by atoms with Crippen LogP contribution in [0.1, 0.15) is 19.4 Å². The number of amides is 1. The van der Waals surface area contributed by atoms with E-state index in [0.717, 1.165) is 29.1 Å². The third-order valence-electron chi connectivity index (χ3n) is 5.43. The Bertz CT molecular complexity index is 1020. The molecule has 1 atom stereocenters. The lowest BCUT2D eigenvalue weighted by Gasteiger charge is -2.34. The Morgan fingerprint density at radius 3 is 2.96 bits per heavy atom. The third-order valence-corrected chi connectivity index (χ3v) is 5.43. The molecular formula is C20H22N6O2. The summed E-state index contributed by atoms with van der Waals surface area (Å²) in [6, 6.07) is 11.8. The summed E-state index contributed by atoms with van der Waals surface area (Å²) in [5, 5.41) is 11.1. The fourth-order valence-electron chi connectivity index (χ4n) is 3.81. The van der Waals surface area contributed by atoms with E-state index in [4.69, 9.17) is 9.72 Å². The van der Waals surface area contributed by atoms with Crippen LogP contribution in [0.3, 0.4) is 0 Å². The number of carbonyl (C=O) groups excluding carboxylic acids is 1. The summed E-state index contributed by atoms with van der Waals surface area (Å²) in [6.07, 6.45) is 1.77. The Morgan fingerprint density at radius 1 is 1.29 bits per heavy atom. The van der Waals surface area contributed by atoms with Crippen molar-refractivity contribution in [3.05, 3.63) is 48.2 Å². The first-order valence-corrected chi connectivity index (χ1v) is 9.42. The molecule has 8 heteroatoms. The Balaban J connectivity index is 1.61. The number of rotatable bonds is 3. The topological polar surface area (TPSA) is 83.8 Å². The molecule has 1 fully saturated rings. The number of ether oxygens (including phenoxy) is 1. The van der Waals surface area contributed by atoms with E-state index in [-0.39, 0.29) is 12.1 Å². The maximum atomic E-state index is 12.3. The van der Waals surface area contributed by atoms with Crippen molar-refractivity contribution in [2.45, 2.75) is 25.4 Å². The first-order valence-electron chi connectivity index (χ1n) is 9.42. The molecule has 0 spiro atoms. The standard InChI is InChI=1S/C20H22N6O2/c1-20(2)14-7-6-13(11-15(14)22-18(20)27)26(17-12-28-10-8-21-17)19-23-16-5-3-4-9-25(16)24-19/h3-7,9,11,17,21H,8,10,12H2,1-2H3,(H,22,27). The average Bonchev–Trinajstić information content (AvgIpc) is 3.21. The minimum Gasteiger partial charge on any atom is -0.377 e. The van der Waals surface area contributed by atoms with Crippen molar-refractivity contribution in [3.63, 3.8) is 0 Å². The van der Waals surface area contributed by atoms with Crippen LogP contribution in [0.15, 0.2) is 42.6 Å². The normalized spacial score (nSPS) is 20.8. The number of aromatic nitrogens is 3. The maximum absolute atomic E-state index is 12.3. The minimum absolute atomic E-state index is 0.0104. The predicted octanol–water partition coefficient (Wildman–Crippen LogP) is 2.04. The van der Waals surface area contributed by atoms with Crippen LogP contribution in [0.2, 0.25) is 0 Å². The fourth-order valence-corrected chi connectivity index (χ4v) is 3.81. The van der Waals surface area contributed by atoms with Gasteiger partial charge in [-0.1, -0.05) is 12.1 Å². The number of nitrogens with one attached hydrogen (secondary N) is 2. The summed E-state index contributed by atoms with van der Waals surface area (Å²) in [4.78, 5) is 19.1. The SMILES string of the molecule is CC1(C)C(=O)Nc2cc(N(c3nc4ccccn4n3)C3COCCN3)ccc21. The number of fused-ring (bicyclic) bond motifs is 2. The highest BCUT2D eigenvalue weighted by molar-refractivity contribution is 6.06. The zero-order valence-electron chi connectivity index (χ0n) is 15.8. The maximum Gasteiger partial charge on any atom is 0.251 e. The lowest BCUT2D eigenvalue weighted by Crippen LogP contribution is -2.51. The Morgan fingerprint density at radius 2 is 2.18 bits per heavy atom. The highest BCUT2D eigenvalue weighted by atomic mass is 16.5. The molecule has 0 saturated carbocycles. The Labute approximate surface area is 162 Å². The molecule has 0 bridgehead atoms. The molecule has 2 aromatic heterocycles. The molecule has 2 aliphatic rings. The van der Waals surface area contributed by atoms with Crippen LogP contribution >= 0.6 is 0 Å². The highest BCUT2D eigenvalue weighted by Crippen LogP contribution is 2.40. The van der Waals surface area contributed by atoms with Gasteiger partial charge < -0.3 is 10.1 Å². The first-order chi connectivity index (χ1) is 13.5. The van der Waals surface area contributed by atoms with Gasteiger partial charge in [0, 0.05) is 24.1 Å². The summed E-state index contributed by atoms with van der Waals surface area (Å²) in [7, 11) is 0. The van der Waals surface area contributed by atoms with E-state index in [2.05, 4.69) is 15.7 Å². The van der Waals surface area contributed by atoms with Crippen LogP contribution in [0, 0.1) is 0 Å². The molecule has 1 aromatic carbocycles. The van der Waals surface area contributed by atoms with Gasteiger partial charge in [-0.05, 0) is 43.7 Å². The van der Waals surface area contributed by atoms with E-state index in [1.807, 2.05) is 61.3 Å². The number of anilines is 3. The molecular weight excluding hydrogens is 356 g/mol. The largest absolute Gasteiger partial charge is 0.377 e. The lowest BCUT2D eigenvalue weighted by atomic mass is 9.86. The number of benzene rings is 1. The van der Waals surface area contributed by atoms with Gasteiger partial charge in [-0.15, -0.1) is 5.10 Å². The van der Waals surface area contributed by atoms with E-state index < -0.39 is 5.41 Å². The van der Waals surface area contributed by atoms with Gasteiger partial charge in [-0.3, -0.25) is 15.0 Å². The van der Waals surface area contributed by atoms with Crippen molar-refractivity contribution in [2.75, 3.05) is 30.0 Å². The predicted molar refractivity (Wildman–Crippen MR) is 106 cm³/mol. The molecule has 3 aromatic rings. The van der Waals surface area contributed by atoms with Crippen molar-refractivity contribution < 1.29 is 9.53 Å². The van der Waals surface area contributed by atoms with Gasteiger partial charge >= 0.3 is 0 Å². The van der Waals surface area contributed by atoms with E-state index in [1.165, 1.54) is 0 Å². The van der Waals surface area contributed by atoms with E-state index >= 15 is 0 Å². The minimum atomic E-state index is -0.535. The van der Waals surface area contributed by atoms with E-state index in [0.29, 0.717) is 19.2 Å². The van der Waals surface area contributed by atoms with Gasteiger partial charge in [0.05, 0.1) is 18.6 Å². The summed E-state index contributed by atoms with van der Waals surface area (Å²) in [6.45, 7) is 5.82. The number of pyridine rings is 1. The van der Waals surface area contributed by atoms with Gasteiger partial charge in [0.1, 0.15) is 6.17 Å². The van der Waals surface area contributed by atoms with Crippen LogP contribution in [-0.4, -0.2) is 46.4 Å². The second kappa shape index (κ2) is 6.29. The van der Waals surface area contributed by atoms with Crippen molar-refractivity contribution in [3.8, 4) is 0 Å². The molecule has 144 valence electrons. The number of morpholine rings is 1. The second-order valence-corrected chi connectivity index (χ2v) is 7.64. The van der Waals surface area contributed by atoms with Gasteiger partial charge in [-0.2, -0.15) is 4.98 Å². The molecule has 0 aliphatic carbocycles. The summed E-state index contributed by atoms with van der Waals surface area (Å²) < 4.78 is 7.44. The molecule has 5 rings (SSSR count). The zero-order chi connectivity index (χ0) is 19.3. The summed E-state index contributed by atoms with van der Waals surface area (Å²) >= 11 is 0. The molecule has 2 aliphatic heterocycles. The monoisotopic (exact) mass is 378 g/mol. The molecule has 1 amide bonds. The van der Waals surface area contributed by atoms with Crippen LogP contribution in [0.4, 0.5) is 17.3 Å². The van der Waals surface area contributed by atoms with Crippen molar-refractivity contribution in [2.24, 2.45) is 0 Å². The summed E-state index contributed by atoms with van der Waals surface area (Å²) in [5.74, 6) is 0.592. The first kappa shape index (κ1) is 17.2. The lowest BCUT2D eigenvalue weighted by molar-refractivity contribution is -0.119. The average molecular weight is 378 g/mol. The van der Waals surface area contributed by atoms with Crippen LogP contribution in [0.5, 0.6) is 0 Å². The van der Waals surface area contributed by atoms with Gasteiger partial charge in [0.25, 0.3) is 5.95 Å². The fraction of sp³-hybridized carbons (Fsp3) is 0.350. The van der Waals surface area contributed by atoms with Crippen molar-refractivity contribution in [1.82, 2.24) is 19.9 Å². The highest BCUT2D eigenvalue weighted by Gasteiger charge is 2.39. The zero-order valence-corrected chi connectivity index (χ0v) is 15.8. The Hall–Kier alpha value is -2.97. The quantitative estimate of drug-likeness (QED) is 0.726. The van der Waals surface area contributed by atoms with Crippen LogP contribution < -0.4 is 15.5 Å². The molecule has 1 saturated heterocycles. The Kier molecular flexibility index (Phi) is 3.85. The van der Waals surface area contributed by atoms with Crippen LogP contribution in [-0.2, 0) is 14.9 Å². The van der Waals surface area contributed by atoms with Gasteiger partial charge in [0.2, 0.25) is 5.91 Å². The second-order valence-electron chi connectivity index (χ2n) is 7.64. The molecule has 8 nitrogen and oxygen atoms in total. The number of hydrogen-bond donors (Lipinski definition) is 2. The number of nitrogens with zero attached hydrogens (tertiary/aromatic N) is 4. The molecule has 1 unspecified atom stereocenters. The number of carbonyl (C=O) groups is 1. The van der Waals surface area contributed by atoms with Crippen molar-refractivity contribution >= 4 is 28.9 Å². The van der Waals surface area contributed by atoms with Crippen molar-refractivity contribution in [1.29, 1.82) is 0 Å². The van der Waals surface area contributed by atoms with Gasteiger partial charge in [0.15, 0.2) is 5.65 Å². The van der Waals surface area contributed by atoms with Gasteiger partial charge in [-0.25, -0.2) is 4.52 Å². The number of hydrogen-bond acceptors (Lipinski definition) is 6. The third kappa shape index (κ3) is 2.64. The molecule has 4 heterocycles. The van der Waals surface area contributed by atoms with Crippen LogP contribution in [0.25, 0.3) is 5.65 Å².